The van der Waals surface area contributed by atoms with Crippen LogP contribution in [0.4, 0.5) is 0 Å². The summed E-state index contributed by atoms with van der Waals surface area (Å²) >= 11 is 0. The van der Waals surface area contributed by atoms with Gasteiger partial charge in [0, 0.05) is 35.7 Å². The third-order valence-corrected chi connectivity index (χ3v) is 2.98. The molecule has 20 heavy (non-hydrogen) atoms. The summed E-state index contributed by atoms with van der Waals surface area (Å²) in [5.74, 6) is 0. The molecule has 0 aromatic heterocycles. The van der Waals surface area contributed by atoms with Gasteiger partial charge in [0.25, 0.3) is 0 Å². The van der Waals surface area contributed by atoms with Crippen molar-refractivity contribution in [1.29, 1.82) is 0 Å². The van der Waals surface area contributed by atoms with E-state index in [0.717, 1.165) is 9.52 Å². The zero-order chi connectivity index (χ0) is 13.7. The van der Waals surface area contributed by atoms with Gasteiger partial charge in [0.1, 0.15) is 0 Å². The van der Waals surface area contributed by atoms with Crippen LogP contribution in [0.3, 0.4) is 0 Å². The van der Waals surface area contributed by atoms with Crippen LogP contribution >= 0.6 is 0 Å². The van der Waals surface area contributed by atoms with Gasteiger partial charge in [-0.3, -0.25) is 0 Å². The van der Waals surface area contributed by atoms with Gasteiger partial charge in [0.15, 0.2) is 0 Å². The molecule has 0 atom stereocenters. The number of rotatable bonds is 1. The van der Waals surface area contributed by atoms with E-state index in [4.69, 9.17) is 0 Å². The van der Waals surface area contributed by atoms with E-state index in [1.807, 2.05) is 0 Å². The number of fused-ring (bicyclic) bond motifs is 1. The van der Waals surface area contributed by atoms with Crippen LogP contribution in [0, 0.1) is 6.92 Å². The average Bonchev–Trinajstić information content (AvgIpc) is 2.80. The van der Waals surface area contributed by atoms with Crippen LogP contribution in [0.1, 0.15) is 5.56 Å². The van der Waals surface area contributed by atoms with Crippen molar-refractivity contribution in [3.63, 3.8) is 0 Å². The van der Waals surface area contributed by atoms with E-state index in [0.29, 0.717) is 0 Å². The maximum atomic E-state index is 2.26. The van der Waals surface area contributed by atoms with E-state index in [1.165, 1.54) is 27.5 Å². The Bertz CT molecular complexity index is 641. The van der Waals surface area contributed by atoms with E-state index in [9.17, 15) is 0 Å². The molecule has 0 bridgehead atoms. The largest absolute Gasteiger partial charge is 0.165 e. The van der Waals surface area contributed by atoms with Crippen molar-refractivity contribution in [3.05, 3.63) is 66.2 Å². The summed E-state index contributed by atoms with van der Waals surface area (Å²) in [7, 11) is 1.08. The molecule has 0 N–H and O–H groups in total. The van der Waals surface area contributed by atoms with Crippen LogP contribution in [0.25, 0.3) is 21.9 Å². The third kappa shape index (κ3) is 4.07. The molecule has 0 aliphatic carbocycles. The van der Waals surface area contributed by atoms with Crippen molar-refractivity contribution in [2.45, 2.75) is 20.0 Å². The van der Waals surface area contributed by atoms with Gasteiger partial charge in [-0.05, 0) is 5.56 Å². The molecule has 0 spiro atoms. The molecule has 2 heteroatoms. The molecular weight excluding hydrogens is 336 g/mol. The Balaban J connectivity index is 0.000000462. The van der Waals surface area contributed by atoms with Gasteiger partial charge in [0.05, 0.1) is 0 Å². The Hall–Kier alpha value is -0.850. The standard InChI is InChI=1S/C16H13.C2H6Si.Zr/c1-12-10-14-8-5-9-15(16(14)11-12)13-6-3-2-4-7-13;1-3-2;/h2-11H,1H3;1-2H3;/q-1;;. The Morgan fingerprint density at radius 2 is 1.55 bits per heavy atom. The fourth-order valence-electron chi connectivity index (χ4n) is 2.25. The quantitative estimate of drug-likeness (QED) is 0.410. The fraction of sp³-hybridized carbons (Fsp3) is 0.167. The molecule has 0 heterocycles. The molecule has 0 saturated carbocycles. The molecule has 3 rings (SSSR count). The second-order valence-corrected chi connectivity index (χ2v) is 5.71. The molecule has 0 amide bonds. The first-order valence-electron chi connectivity index (χ1n) is 6.56. The van der Waals surface area contributed by atoms with E-state index in [-0.39, 0.29) is 26.2 Å². The van der Waals surface area contributed by atoms with Crippen LogP contribution in [0.5, 0.6) is 0 Å². The third-order valence-electron chi connectivity index (χ3n) is 2.98. The first kappa shape index (κ1) is 17.2. The predicted octanol–water partition coefficient (Wildman–Crippen LogP) is 5.32. The molecule has 0 fully saturated rings. The van der Waals surface area contributed by atoms with Crippen LogP contribution in [-0.2, 0) is 26.2 Å². The normalized spacial score (nSPS) is 9.55. The minimum absolute atomic E-state index is 0. The number of aryl methyl sites for hydroxylation is 1. The molecule has 100 valence electrons. The Kier molecular flexibility index (Phi) is 7.26. The van der Waals surface area contributed by atoms with Crippen molar-refractivity contribution in [1.82, 2.24) is 0 Å². The molecule has 3 aromatic carbocycles. The second-order valence-electron chi connectivity index (χ2n) is 4.71. The molecule has 0 aliphatic heterocycles. The van der Waals surface area contributed by atoms with Crippen molar-refractivity contribution in [3.8, 4) is 11.1 Å². The predicted molar refractivity (Wildman–Crippen MR) is 87.2 cm³/mol. The summed E-state index contributed by atoms with van der Waals surface area (Å²) in [6, 6.07) is 21.6. The van der Waals surface area contributed by atoms with Gasteiger partial charge in [0.2, 0.25) is 0 Å². The minimum atomic E-state index is 0. The molecule has 0 saturated heterocycles. The molecule has 0 unspecified atom stereocenters. The average molecular weight is 355 g/mol. The Morgan fingerprint density at radius 3 is 2.20 bits per heavy atom. The van der Waals surface area contributed by atoms with E-state index in [1.54, 1.807) is 0 Å². The van der Waals surface area contributed by atoms with Gasteiger partial charge in [-0.1, -0.05) is 62.0 Å². The number of benzene rings is 2. The zero-order valence-electron chi connectivity index (χ0n) is 12.3. The summed E-state index contributed by atoms with van der Waals surface area (Å²) < 4.78 is 0. The van der Waals surface area contributed by atoms with Crippen molar-refractivity contribution in [2.24, 2.45) is 0 Å². The number of hydrogen-bond acceptors (Lipinski definition) is 0. The van der Waals surface area contributed by atoms with E-state index >= 15 is 0 Å². The maximum Gasteiger partial charge on any atom is 0.0307 e. The monoisotopic (exact) mass is 353 g/mol. The van der Waals surface area contributed by atoms with Crippen molar-refractivity contribution in [2.75, 3.05) is 0 Å². The SMILES string of the molecule is C[Si]C.Cc1cc2c(-c3ccccc3)cccc2[cH-]1.[Zr]. The zero-order valence-corrected chi connectivity index (χ0v) is 15.7. The second kappa shape index (κ2) is 8.44. The van der Waals surface area contributed by atoms with Crippen LogP contribution in [0.2, 0.25) is 13.1 Å². The first-order valence-corrected chi connectivity index (χ1v) is 8.56. The fourth-order valence-corrected chi connectivity index (χ4v) is 2.25. The minimum Gasteiger partial charge on any atom is -0.165 e. The Labute approximate surface area is 143 Å². The summed E-state index contributed by atoms with van der Waals surface area (Å²) in [5, 5.41) is 2.69. The summed E-state index contributed by atoms with van der Waals surface area (Å²) in [6.07, 6.45) is 0. The van der Waals surface area contributed by atoms with Crippen LogP contribution in [-0.4, -0.2) is 9.52 Å². The molecule has 0 aliphatic rings. The van der Waals surface area contributed by atoms with E-state index in [2.05, 4.69) is 80.7 Å². The van der Waals surface area contributed by atoms with Gasteiger partial charge < -0.3 is 0 Å². The van der Waals surface area contributed by atoms with Gasteiger partial charge in [-0.15, -0.1) is 34.5 Å². The van der Waals surface area contributed by atoms with Gasteiger partial charge >= 0.3 is 0 Å². The summed E-state index contributed by atoms with van der Waals surface area (Å²) in [5.41, 5.74) is 3.95. The van der Waals surface area contributed by atoms with Gasteiger partial charge in [-0.25, -0.2) is 0 Å². The Morgan fingerprint density at radius 1 is 0.900 bits per heavy atom. The van der Waals surface area contributed by atoms with E-state index < -0.39 is 0 Å². The maximum absolute atomic E-state index is 2.26. The summed E-state index contributed by atoms with van der Waals surface area (Å²) in [6.45, 7) is 6.45. The summed E-state index contributed by atoms with van der Waals surface area (Å²) in [4.78, 5) is 0. The topological polar surface area (TPSA) is 0 Å². The van der Waals surface area contributed by atoms with Gasteiger partial charge in [-0.2, -0.15) is 6.07 Å². The van der Waals surface area contributed by atoms with Crippen LogP contribution in [0.15, 0.2) is 60.7 Å². The molecule has 0 nitrogen and oxygen atoms in total. The first-order chi connectivity index (χ1) is 9.26. The van der Waals surface area contributed by atoms with Crippen molar-refractivity contribution < 1.29 is 26.2 Å². The smallest absolute Gasteiger partial charge is 0.0307 e. The number of hydrogen-bond donors (Lipinski definition) is 0. The van der Waals surface area contributed by atoms with Crippen molar-refractivity contribution >= 4 is 20.3 Å². The van der Waals surface area contributed by atoms with Crippen LogP contribution < -0.4 is 0 Å². The molecule has 2 radical (unpaired) electrons. The molecular formula is C18H19SiZr-. The molecule has 3 aromatic rings.